The number of halogens is 1. The van der Waals surface area contributed by atoms with E-state index in [0.717, 1.165) is 17.1 Å². The van der Waals surface area contributed by atoms with Crippen molar-refractivity contribution < 1.29 is 9.53 Å². The van der Waals surface area contributed by atoms with Gasteiger partial charge in [0.25, 0.3) is 0 Å². The molecule has 0 saturated heterocycles. The van der Waals surface area contributed by atoms with Gasteiger partial charge in [0.15, 0.2) is 5.78 Å². The van der Waals surface area contributed by atoms with Crippen LogP contribution in [0, 0.1) is 25.2 Å². The van der Waals surface area contributed by atoms with Crippen molar-refractivity contribution in [1.82, 2.24) is 4.57 Å². The molecule has 0 saturated carbocycles. The number of carbonyl (C=O) groups excluding carboxylic acids is 1. The smallest absolute Gasteiger partial charge is 0.179 e. The third-order valence-electron chi connectivity index (χ3n) is 3.40. The summed E-state index contributed by atoms with van der Waals surface area (Å²) in [6.07, 6.45) is 0. The molecule has 0 aliphatic rings. The molecule has 0 spiro atoms. The van der Waals surface area contributed by atoms with Crippen LogP contribution >= 0.6 is 11.6 Å². The van der Waals surface area contributed by atoms with E-state index in [0.29, 0.717) is 16.9 Å². The first-order chi connectivity index (χ1) is 10.0. The molecule has 0 unspecified atom stereocenters. The van der Waals surface area contributed by atoms with Crippen molar-refractivity contribution in [2.24, 2.45) is 0 Å². The number of hydrogen-bond acceptors (Lipinski definition) is 3. The van der Waals surface area contributed by atoms with Gasteiger partial charge in [-0.2, -0.15) is 5.26 Å². The molecule has 0 aliphatic carbocycles. The first kappa shape index (κ1) is 15.1. The molecule has 1 aromatic heterocycles. The summed E-state index contributed by atoms with van der Waals surface area (Å²) in [7, 11) is 1.55. The summed E-state index contributed by atoms with van der Waals surface area (Å²) < 4.78 is 7.30. The van der Waals surface area contributed by atoms with Gasteiger partial charge in [0.1, 0.15) is 5.75 Å². The van der Waals surface area contributed by atoms with Crippen molar-refractivity contribution in [2.75, 3.05) is 13.0 Å². The number of nitrogens with zero attached hydrogens (tertiary/aromatic N) is 2. The summed E-state index contributed by atoms with van der Waals surface area (Å²) in [5, 5.41) is 8.97. The summed E-state index contributed by atoms with van der Waals surface area (Å²) in [5.74, 6) is 0.429. The Balaban J connectivity index is 2.65. The monoisotopic (exact) mass is 302 g/mol. The Morgan fingerprint density at radius 2 is 2.10 bits per heavy atom. The van der Waals surface area contributed by atoms with Crippen LogP contribution in [-0.4, -0.2) is 23.3 Å². The van der Waals surface area contributed by atoms with E-state index in [2.05, 4.69) is 6.07 Å². The number of aryl methyl sites for hydroxylation is 1. The van der Waals surface area contributed by atoms with Gasteiger partial charge in [-0.1, -0.05) is 0 Å². The van der Waals surface area contributed by atoms with Crippen LogP contribution in [0.3, 0.4) is 0 Å². The fraction of sp³-hybridized carbons (Fsp3) is 0.250. The lowest BCUT2D eigenvalue weighted by Crippen LogP contribution is -2.05. The second kappa shape index (κ2) is 6.02. The molecular weight excluding hydrogens is 288 g/mol. The number of carbonyl (C=O) groups is 1. The van der Waals surface area contributed by atoms with Gasteiger partial charge in [-0.15, -0.1) is 11.6 Å². The van der Waals surface area contributed by atoms with Crippen molar-refractivity contribution in [3.8, 4) is 17.5 Å². The van der Waals surface area contributed by atoms with Crippen molar-refractivity contribution >= 4 is 17.4 Å². The predicted molar refractivity (Wildman–Crippen MR) is 81.6 cm³/mol. The van der Waals surface area contributed by atoms with Crippen molar-refractivity contribution in [2.45, 2.75) is 13.8 Å². The Morgan fingerprint density at radius 3 is 2.67 bits per heavy atom. The van der Waals surface area contributed by atoms with Crippen molar-refractivity contribution in [3.05, 3.63) is 46.8 Å². The molecular formula is C16H15ClN2O2. The van der Waals surface area contributed by atoms with E-state index in [-0.39, 0.29) is 11.7 Å². The van der Waals surface area contributed by atoms with Gasteiger partial charge in [-0.25, -0.2) is 0 Å². The standard InChI is InChI=1S/C16H15ClN2O2/c1-10-6-13(15(20)8-17)11(2)19(10)14-5-4-12(9-18)7-16(14)21-3/h4-7H,8H2,1-3H3. The van der Waals surface area contributed by atoms with Crippen LogP contribution < -0.4 is 4.74 Å². The van der Waals surface area contributed by atoms with Crippen LogP contribution in [0.25, 0.3) is 5.69 Å². The second-order valence-corrected chi connectivity index (χ2v) is 4.94. The molecule has 5 heteroatoms. The molecule has 0 atom stereocenters. The summed E-state index contributed by atoms with van der Waals surface area (Å²) in [6.45, 7) is 3.78. The van der Waals surface area contributed by atoms with Gasteiger partial charge in [-0.3, -0.25) is 4.79 Å². The summed E-state index contributed by atoms with van der Waals surface area (Å²) in [5.41, 5.74) is 3.63. The maximum atomic E-state index is 11.9. The highest BCUT2D eigenvalue weighted by molar-refractivity contribution is 6.30. The minimum atomic E-state index is -0.108. The first-order valence-electron chi connectivity index (χ1n) is 6.40. The van der Waals surface area contributed by atoms with E-state index in [1.54, 1.807) is 19.2 Å². The Kier molecular flexibility index (Phi) is 4.35. The highest BCUT2D eigenvalue weighted by Crippen LogP contribution is 2.29. The van der Waals surface area contributed by atoms with E-state index in [1.807, 2.05) is 30.5 Å². The van der Waals surface area contributed by atoms with Gasteiger partial charge in [0.05, 0.1) is 30.3 Å². The molecule has 0 N–H and O–H groups in total. The number of methoxy groups -OCH3 is 1. The molecule has 21 heavy (non-hydrogen) atoms. The van der Waals surface area contributed by atoms with Gasteiger partial charge < -0.3 is 9.30 Å². The highest BCUT2D eigenvalue weighted by atomic mass is 35.5. The molecule has 1 aromatic carbocycles. The molecule has 0 amide bonds. The number of ether oxygens (including phenoxy) is 1. The minimum absolute atomic E-state index is 0.0468. The largest absolute Gasteiger partial charge is 0.495 e. The van der Waals surface area contributed by atoms with Gasteiger partial charge in [0.2, 0.25) is 0 Å². The highest BCUT2D eigenvalue weighted by Gasteiger charge is 2.18. The van der Waals surface area contributed by atoms with Crippen LogP contribution in [0.2, 0.25) is 0 Å². The van der Waals surface area contributed by atoms with Crippen LogP contribution in [0.5, 0.6) is 5.75 Å². The lowest BCUT2D eigenvalue weighted by molar-refractivity contribution is 0.102. The zero-order chi connectivity index (χ0) is 15.6. The number of nitriles is 1. The zero-order valence-electron chi connectivity index (χ0n) is 12.1. The molecule has 2 aromatic rings. The van der Waals surface area contributed by atoms with Crippen LogP contribution in [0.4, 0.5) is 0 Å². The summed E-state index contributed by atoms with van der Waals surface area (Å²) in [6, 6.07) is 9.11. The van der Waals surface area contributed by atoms with Gasteiger partial charge >= 0.3 is 0 Å². The predicted octanol–water partition coefficient (Wildman–Crippen LogP) is 3.40. The molecule has 108 valence electrons. The van der Waals surface area contributed by atoms with Crippen LogP contribution in [0.1, 0.15) is 27.3 Å². The first-order valence-corrected chi connectivity index (χ1v) is 6.93. The van der Waals surface area contributed by atoms with Crippen molar-refractivity contribution in [3.63, 3.8) is 0 Å². The van der Waals surface area contributed by atoms with Gasteiger partial charge in [-0.05, 0) is 32.0 Å². The summed E-state index contributed by atoms with van der Waals surface area (Å²) >= 11 is 5.64. The molecule has 0 bridgehead atoms. The SMILES string of the molecule is COc1cc(C#N)ccc1-n1c(C)cc(C(=O)CCl)c1C. The number of Topliss-reactive ketones (excluding diaryl/α,β-unsaturated/α-hetero) is 1. The van der Waals surface area contributed by atoms with E-state index >= 15 is 0 Å². The fourth-order valence-corrected chi connectivity index (χ4v) is 2.56. The number of ketones is 1. The van der Waals surface area contributed by atoms with E-state index < -0.39 is 0 Å². The topological polar surface area (TPSA) is 55.0 Å². The minimum Gasteiger partial charge on any atom is -0.495 e. The summed E-state index contributed by atoms with van der Waals surface area (Å²) in [4.78, 5) is 11.9. The van der Waals surface area contributed by atoms with Gasteiger partial charge in [0, 0.05) is 23.0 Å². The number of benzene rings is 1. The Morgan fingerprint density at radius 1 is 1.38 bits per heavy atom. The molecule has 0 aliphatic heterocycles. The maximum Gasteiger partial charge on any atom is 0.179 e. The lowest BCUT2D eigenvalue weighted by atomic mass is 10.1. The maximum absolute atomic E-state index is 11.9. The molecule has 2 rings (SSSR count). The Hall–Kier alpha value is -2.25. The number of hydrogen-bond donors (Lipinski definition) is 0. The zero-order valence-corrected chi connectivity index (χ0v) is 12.9. The third kappa shape index (κ3) is 2.65. The Bertz CT molecular complexity index is 741. The van der Waals surface area contributed by atoms with Crippen LogP contribution in [-0.2, 0) is 0 Å². The molecule has 4 nitrogen and oxygen atoms in total. The average Bonchev–Trinajstić information content (AvgIpc) is 2.80. The average molecular weight is 303 g/mol. The number of rotatable bonds is 4. The quantitative estimate of drug-likeness (QED) is 0.642. The lowest BCUT2D eigenvalue weighted by Gasteiger charge is -2.14. The fourth-order valence-electron chi connectivity index (χ4n) is 2.42. The third-order valence-corrected chi connectivity index (χ3v) is 3.65. The Labute approximate surface area is 128 Å². The number of alkyl halides is 1. The van der Waals surface area contributed by atoms with E-state index in [1.165, 1.54) is 0 Å². The van der Waals surface area contributed by atoms with Crippen LogP contribution in [0.15, 0.2) is 24.3 Å². The van der Waals surface area contributed by atoms with Crippen molar-refractivity contribution in [1.29, 1.82) is 5.26 Å². The molecule has 0 radical (unpaired) electrons. The second-order valence-electron chi connectivity index (χ2n) is 4.68. The van der Waals surface area contributed by atoms with E-state index in [9.17, 15) is 4.79 Å². The molecule has 1 heterocycles. The molecule has 0 fully saturated rings. The number of aromatic nitrogens is 1. The normalized spacial score (nSPS) is 10.2. The van der Waals surface area contributed by atoms with E-state index in [4.69, 9.17) is 21.6 Å².